The lowest BCUT2D eigenvalue weighted by atomic mass is 9.97. The summed E-state index contributed by atoms with van der Waals surface area (Å²) in [6, 6.07) is 0. The van der Waals surface area contributed by atoms with Crippen LogP contribution < -0.4 is 0 Å². The molecule has 2 rings (SSSR count). The molecule has 2 saturated carbocycles. The van der Waals surface area contributed by atoms with Gasteiger partial charge in [0.1, 0.15) is 0 Å². The molecule has 0 aliphatic heterocycles. The maximum Gasteiger partial charge on any atom is 0.156 e. The minimum Gasteiger partial charge on any atom is -0.393 e. The van der Waals surface area contributed by atoms with E-state index in [1.165, 1.54) is 0 Å². The quantitative estimate of drug-likeness (QED) is 0.816. The molecular weight excluding hydrogens is 264 g/mol. The van der Waals surface area contributed by atoms with E-state index in [9.17, 15) is 18.6 Å². The van der Waals surface area contributed by atoms with Crippen LogP contribution in [0.25, 0.3) is 0 Å². The van der Waals surface area contributed by atoms with Gasteiger partial charge in [0, 0.05) is 0 Å². The van der Waals surface area contributed by atoms with Crippen molar-refractivity contribution in [3.8, 4) is 0 Å². The predicted octanol–water partition coefficient (Wildman–Crippen LogP) is 2.03. The Hall–Kier alpha value is -0.130. The summed E-state index contributed by atoms with van der Waals surface area (Å²) in [5.41, 5.74) is 0. The zero-order valence-electron chi connectivity index (χ0n) is 12.1. The maximum absolute atomic E-state index is 12.4. The van der Waals surface area contributed by atoms with Gasteiger partial charge in [-0.2, -0.15) is 0 Å². The summed E-state index contributed by atoms with van der Waals surface area (Å²) in [7, 11) is -3.05. The molecule has 0 amide bonds. The summed E-state index contributed by atoms with van der Waals surface area (Å²) < 4.78 is 24.8. The van der Waals surface area contributed by atoms with Crippen LogP contribution in [-0.4, -0.2) is 41.3 Å². The smallest absolute Gasteiger partial charge is 0.156 e. The molecule has 0 saturated heterocycles. The Labute approximate surface area is 117 Å². The van der Waals surface area contributed by atoms with E-state index in [0.717, 1.165) is 0 Å². The van der Waals surface area contributed by atoms with Crippen LogP contribution in [0.5, 0.6) is 0 Å². The fraction of sp³-hybridized carbons (Fsp3) is 1.00. The van der Waals surface area contributed by atoms with E-state index in [0.29, 0.717) is 51.4 Å². The van der Waals surface area contributed by atoms with E-state index in [2.05, 4.69) is 0 Å². The van der Waals surface area contributed by atoms with Crippen LogP contribution in [0, 0.1) is 0 Å². The molecule has 0 atom stereocenters. The Morgan fingerprint density at radius 2 is 0.947 bits per heavy atom. The number of rotatable bonds is 2. The molecule has 5 heteroatoms. The zero-order valence-corrected chi connectivity index (χ0v) is 12.9. The molecule has 0 aromatic carbocycles. The molecule has 0 aromatic rings. The summed E-state index contributed by atoms with van der Waals surface area (Å²) in [6.07, 6.45) is 4.22. The Bertz CT molecular complexity index is 308. The molecule has 0 bridgehead atoms. The van der Waals surface area contributed by atoms with Crippen molar-refractivity contribution in [2.75, 3.05) is 0 Å². The Morgan fingerprint density at radius 3 is 1.21 bits per heavy atom. The first-order valence-electron chi connectivity index (χ1n) is 7.59. The molecule has 0 aromatic heterocycles. The van der Waals surface area contributed by atoms with Gasteiger partial charge in [0.05, 0.1) is 22.7 Å². The van der Waals surface area contributed by atoms with Gasteiger partial charge in [0.25, 0.3) is 0 Å². The van der Waals surface area contributed by atoms with Gasteiger partial charge in [0.15, 0.2) is 9.84 Å². The van der Waals surface area contributed by atoms with Crippen LogP contribution in [0.15, 0.2) is 0 Å². The summed E-state index contributed by atoms with van der Waals surface area (Å²) in [4.78, 5) is 0. The molecule has 19 heavy (non-hydrogen) atoms. The van der Waals surface area contributed by atoms with Crippen LogP contribution in [0.2, 0.25) is 0 Å². The van der Waals surface area contributed by atoms with Crippen molar-refractivity contribution in [2.45, 2.75) is 87.9 Å². The lowest BCUT2D eigenvalue weighted by Crippen LogP contribution is -2.38. The number of aliphatic hydroxyl groups is 2. The van der Waals surface area contributed by atoms with Crippen LogP contribution in [0.4, 0.5) is 0 Å². The number of hydrogen-bond donors (Lipinski definition) is 2. The van der Waals surface area contributed by atoms with Crippen molar-refractivity contribution >= 4 is 9.84 Å². The van der Waals surface area contributed by atoms with Crippen molar-refractivity contribution in [3.05, 3.63) is 0 Å². The van der Waals surface area contributed by atoms with Crippen molar-refractivity contribution in [1.82, 2.24) is 0 Å². The molecule has 2 aliphatic rings. The molecule has 0 spiro atoms. The first-order valence-corrected chi connectivity index (χ1v) is 9.20. The van der Waals surface area contributed by atoms with E-state index in [-0.39, 0.29) is 22.7 Å². The van der Waals surface area contributed by atoms with E-state index in [1.54, 1.807) is 0 Å². The summed E-state index contributed by atoms with van der Waals surface area (Å²) in [5, 5.41) is 18.3. The van der Waals surface area contributed by atoms with Crippen LogP contribution >= 0.6 is 0 Å². The highest BCUT2D eigenvalue weighted by Crippen LogP contribution is 2.32. The van der Waals surface area contributed by atoms with Gasteiger partial charge in [-0.1, -0.05) is 13.8 Å². The standard InChI is InChI=1S/C12H22O4S.C2H6/c13-9-1-5-11(6-2-9)17(15,16)12-7-3-10(14)4-8-12;1-2/h9-14H,1-8H2;1-2H3. The summed E-state index contributed by atoms with van der Waals surface area (Å²) in [6.45, 7) is 4.00. The second-order valence-electron chi connectivity index (χ2n) is 5.45. The topological polar surface area (TPSA) is 74.6 Å². The molecule has 0 heterocycles. The predicted molar refractivity (Wildman–Crippen MR) is 76.8 cm³/mol. The van der Waals surface area contributed by atoms with Gasteiger partial charge in [-0.25, -0.2) is 8.42 Å². The second kappa shape index (κ2) is 7.60. The van der Waals surface area contributed by atoms with E-state index in [1.807, 2.05) is 13.8 Å². The number of aliphatic hydroxyl groups excluding tert-OH is 2. The molecule has 4 nitrogen and oxygen atoms in total. The molecule has 2 aliphatic carbocycles. The van der Waals surface area contributed by atoms with Crippen LogP contribution in [0.1, 0.15) is 65.2 Å². The van der Waals surface area contributed by atoms with Crippen LogP contribution in [0.3, 0.4) is 0 Å². The largest absolute Gasteiger partial charge is 0.393 e. The molecule has 114 valence electrons. The van der Waals surface area contributed by atoms with Crippen molar-refractivity contribution in [2.24, 2.45) is 0 Å². The van der Waals surface area contributed by atoms with Crippen molar-refractivity contribution in [1.29, 1.82) is 0 Å². The number of sulfone groups is 1. The highest BCUT2D eigenvalue weighted by molar-refractivity contribution is 7.92. The lowest BCUT2D eigenvalue weighted by Gasteiger charge is -2.31. The van der Waals surface area contributed by atoms with Crippen molar-refractivity contribution < 1.29 is 18.6 Å². The van der Waals surface area contributed by atoms with E-state index >= 15 is 0 Å². The van der Waals surface area contributed by atoms with E-state index < -0.39 is 9.84 Å². The minimum atomic E-state index is -3.05. The lowest BCUT2D eigenvalue weighted by molar-refractivity contribution is 0.127. The fourth-order valence-electron chi connectivity index (χ4n) is 3.02. The molecule has 2 fully saturated rings. The third kappa shape index (κ3) is 4.43. The second-order valence-corrected chi connectivity index (χ2v) is 7.96. The van der Waals surface area contributed by atoms with Gasteiger partial charge in [-0.3, -0.25) is 0 Å². The van der Waals surface area contributed by atoms with Gasteiger partial charge in [-0.15, -0.1) is 0 Å². The third-order valence-corrected chi connectivity index (χ3v) is 7.02. The van der Waals surface area contributed by atoms with E-state index in [4.69, 9.17) is 0 Å². The Balaban J connectivity index is 0.000000861. The average molecular weight is 292 g/mol. The van der Waals surface area contributed by atoms with Gasteiger partial charge in [0.2, 0.25) is 0 Å². The fourth-order valence-corrected chi connectivity index (χ4v) is 5.42. The molecule has 2 N–H and O–H groups in total. The van der Waals surface area contributed by atoms with Gasteiger partial charge >= 0.3 is 0 Å². The third-order valence-electron chi connectivity index (χ3n) is 4.22. The zero-order chi connectivity index (χ0) is 14.5. The molecule has 0 unspecified atom stereocenters. The monoisotopic (exact) mass is 292 g/mol. The maximum atomic E-state index is 12.4. The van der Waals surface area contributed by atoms with Gasteiger partial charge < -0.3 is 10.2 Å². The molecule has 0 radical (unpaired) electrons. The molecular formula is C14H28O4S. The first kappa shape index (κ1) is 16.9. The van der Waals surface area contributed by atoms with Gasteiger partial charge in [-0.05, 0) is 51.4 Å². The first-order chi connectivity index (χ1) is 9.00. The normalized spacial score (nSPS) is 36.2. The highest BCUT2D eigenvalue weighted by Gasteiger charge is 2.37. The number of hydrogen-bond acceptors (Lipinski definition) is 4. The average Bonchev–Trinajstić information content (AvgIpc) is 2.42. The Kier molecular flexibility index (Phi) is 6.77. The SMILES string of the molecule is CC.O=S(=O)(C1CCC(O)CC1)C1CCC(O)CC1. The summed E-state index contributed by atoms with van der Waals surface area (Å²) in [5.74, 6) is 0. The highest BCUT2D eigenvalue weighted by atomic mass is 32.2. The van der Waals surface area contributed by atoms with Crippen LogP contribution in [-0.2, 0) is 9.84 Å². The summed E-state index contributed by atoms with van der Waals surface area (Å²) >= 11 is 0. The Morgan fingerprint density at radius 1 is 0.684 bits per heavy atom. The minimum absolute atomic E-state index is 0.258. The van der Waals surface area contributed by atoms with Crippen molar-refractivity contribution in [3.63, 3.8) is 0 Å².